The minimum atomic E-state index is -0.679. The van der Waals surface area contributed by atoms with E-state index in [4.69, 9.17) is 4.74 Å². The minimum Gasteiger partial charge on any atom is -0.433 e. The van der Waals surface area contributed by atoms with Gasteiger partial charge in [-0.2, -0.15) is 5.21 Å². The van der Waals surface area contributed by atoms with E-state index in [2.05, 4.69) is 25.9 Å². The number of ether oxygens (including phenoxy) is 1. The number of aromatic amines is 1. The third-order valence-corrected chi connectivity index (χ3v) is 2.58. The summed E-state index contributed by atoms with van der Waals surface area (Å²) in [4.78, 5) is 11.8. The zero-order valence-electron chi connectivity index (χ0n) is 11.4. The molecule has 1 heterocycles. The van der Waals surface area contributed by atoms with Crippen LogP contribution < -0.4 is 5.32 Å². The first-order chi connectivity index (χ1) is 9.66. The number of nitrogens with one attached hydrogen (secondary N) is 2. The number of carbonyl (C=O) groups excluding carboxylic acids is 1. The second kappa shape index (κ2) is 6.65. The molecule has 7 nitrogen and oxygen atoms in total. The minimum absolute atomic E-state index is 0.316. The number of hydrogen-bond donors (Lipinski definition) is 2. The highest BCUT2D eigenvalue weighted by atomic mass is 16.6. The third kappa shape index (κ3) is 3.78. The number of tetrazole rings is 1. The highest BCUT2D eigenvalue weighted by Crippen LogP contribution is 2.22. The topological polar surface area (TPSA) is 92.8 Å². The summed E-state index contributed by atoms with van der Waals surface area (Å²) in [5.41, 5.74) is 0.786. The van der Waals surface area contributed by atoms with Gasteiger partial charge >= 0.3 is 6.09 Å². The number of benzene rings is 1. The number of aromatic nitrogens is 4. The Labute approximate surface area is 116 Å². The fourth-order valence-electron chi connectivity index (χ4n) is 1.61. The average Bonchev–Trinajstić information content (AvgIpc) is 2.97. The Kier molecular flexibility index (Phi) is 4.65. The van der Waals surface area contributed by atoms with Gasteiger partial charge in [0.25, 0.3) is 0 Å². The molecule has 2 rings (SSSR count). The van der Waals surface area contributed by atoms with Crippen molar-refractivity contribution in [2.45, 2.75) is 20.0 Å². The summed E-state index contributed by atoms with van der Waals surface area (Å²) in [6.45, 7) is 4.56. The van der Waals surface area contributed by atoms with E-state index in [0.29, 0.717) is 18.3 Å². The van der Waals surface area contributed by atoms with E-state index >= 15 is 0 Å². The van der Waals surface area contributed by atoms with Crippen LogP contribution in [-0.4, -0.2) is 33.3 Å². The Morgan fingerprint density at radius 3 is 2.70 bits per heavy atom. The first-order valence-electron chi connectivity index (χ1n) is 6.39. The molecule has 0 aliphatic heterocycles. The molecule has 0 fully saturated rings. The second-order valence-electron chi connectivity index (χ2n) is 4.74. The molecule has 0 saturated heterocycles. The smallest absolute Gasteiger partial charge is 0.408 e. The first-order valence-corrected chi connectivity index (χ1v) is 6.39. The van der Waals surface area contributed by atoms with Gasteiger partial charge in [0.2, 0.25) is 5.82 Å². The van der Waals surface area contributed by atoms with Crippen molar-refractivity contribution in [3.8, 4) is 0 Å². The lowest BCUT2D eigenvalue weighted by Gasteiger charge is -2.16. The zero-order chi connectivity index (χ0) is 14.4. The molecule has 2 N–H and O–H groups in total. The number of alkyl carbamates (subject to hydrolysis) is 1. The van der Waals surface area contributed by atoms with Gasteiger partial charge in [0.15, 0.2) is 6.10 Å². The molecule has 0 radical (unpaired) electrons. The van der Waals surface area contributed by atoms with Crippen LogP contribution >= 0.6 is 0 Å². The molecule has 2 aromatic rings. The molecule has 1 aromatic carbocycles. The van der Waals surface area contributed by atoms with Gasteiger partial charge in [0.05, 0.1) is 0 Å². The van der Waals surface area contributed by atoms with Crippen LogP contribution in [0.1, 0.15) is 31.3 Å². The number of hydrogen-bond acceptors (Lipinski definition) is 5. The standard InChI is InChI=1S/C13H17N5O2/c1-9(2)8-14-13(19)20-11(12-15-17-18-16-12)10-6-4-3-5-7-10/h3-7,9,11H,8H2,1-2H3,(H,14,19)(H,15,16,17,18). The Morgan fingerprint density at radius 2 is 2.10 bits per heavy atom. The predicted molar refractivity (Wildman–Crippen MR) is 71.8 cm³/mol. The summed E-state index contributed by atoms with van der Waals surface area (Å²) < 4.78 is 5.40. The molecule has 7 heteroatoms. The van der Waals surface area contributed by atoms with Crippen molar-refractivity contribution in [1.82, 2.24) is 25.9 Å². The molecule has 1 unspecified atom stereocenters. The van der Waals surface area contributed by atoms with Crippen LogP contribution in [0.25, 0.3) is 0 Å². The summed E-state index contributed by atoms with van der Waals surface area (Å²) in [5, 5.41) is 16.3. The van der Waals surface area contributed by atoms with Crippen LogP contribution in [0, 0.1) is 5.92 Å². The lowest BCUT2D eigenvalue weighted by Crippen LogP contribution is -2.29. The summed E-state index contributed by atoms with van der Waals surface area (Å²) in [5.74, 6) is 0.666. The quantitative estimate of drug-likeness (QED) is 0.865. The van der Waals surface area contributed by atoms with Gasteiger partial charge in [0.1, 0.15) is 0 Å². The van der Waals surface area contributed by atoms with Crippen LogP contribution in [0.15, 0.2) is 30.3 Å². The maximum absolute atomic E-state index is 11.8. The second-order valence-corrected chi connectivity index (χ2v) is 4.74. The van der Waals surface area contributed by atoms with E-state index in [9.17, 15) is 4.79 Å². The van der Waals surface area contributed by atoms with Crippen LogP contribution in [0.5, 0.6) is 0 Å². The maximum atomic E-state index is 11.8. The molecule has 1 amide bonds. The number of amides is 1. The molecular weight excluding hydrogens is 258 g/mol. The van der Waals surface area contributed by atoms with Crippen molar-refractivity contribution in [3.05, 3.63) is 41.7 Å². The number of rotatable bonds is 5. The largest absolute Gasteiger partial charge is 0.433 e. The van der Waals surface area contributed by atoms with Gasteiger partial charge in [-0.15, -0.1) is 10.2 Å². The Bertz CT molecular complexity index is 527. The van der Waals surface area contributed by atoms with E-state index in [1.165, 1.54) is 0 Å². The third-order valence-electron chi connectivity index (χ3n) is 2.58. The van der Waals surface area contributed by atoms with E-state index in [-0.39, 0.29) is 0 Å². The fourth-order valence-corrected chi connectivity index (χ4v) is 1.61. The number of carbonyl (C=O) groups is 1. The van der Waals surface area contributed by atoms with Gasteiger partial charge < -0.3 is 10.1 Å². The Morgan fingerprint density at radius 1 is 1.35 bits per heavy atom. The van der Waals surface area contributed by atoms with E-state index in [1.807, 2.05) is 44.2 Å². The summed E-state index contributed by atoms with van der Waals surface area (Å²) in [6.07, 6.45) is -1.18. The molecule has 20 heavy (non-hydrogen) atoms. The van der Waals surface area contributed by atoms with Crippen molar-refractivity contribution in [2.75, 3.05) is 6.54 Å². The summed E-state index contributed by atoms with van der Waals surface area (Å²) >= 11 is 0. The van der Waals surface area contributed by atoms with Gasteiger partial charge in [-0.25, -0.2) is 4.79 Å². The van der Waals surface area contributed by atoms with Crippen molar-refractivity contribution in [3.63, 3.8) is 0 Å². The van der Waals surface area contributed by atoms with Crippen molar-refractivity contribution < 1.29 is 9.53 Å². The van der Waals surface area contributed by atoms with E-state index in [1.54, 1.807) is 0 Å². The molecular formula is C13H17N5O2. The van der Waals surface area contributed by atoms with Crippen molar-refractivity contribution >= 4 is 6.09 Å². The van der Waals surface area contributed by atoms with E-state index in [0.717, 1.165) is 5.56 Å². The molecule has 0 saturated carbocycles. The van der Waals surface area contributed by atoms with Crippen LogP contribution in [0.3, 0.4) is 0 Å². The van der Waals surface area contributed by atoms with Gasteiger partial charge in [-0.3, -0.25) is 0 Å². The fraction of sp³-hybridized carbons (Fsp3) is 0.385. The van der Waals surface area contributed by atoms with E-state index < -0.39 is 12.2 Å². The first kappa shape index (κ1) is 14.0. The van der Waals surface area contributed by atoms with Crippen LogP contribution in [-0.2, 0) is 4.74 Å². The van der Waals surface area contributed by atoms with Crippen LogP contribution in [0.2, 0.25) is 0 Å². The Balaban J connectivity index is 2.10. The highest BCUT2D eigenvalue weighted by Gasteiger charge is 2.22. The van der Waals surface area contributed by atoms with Gasteiger partial charge in [0, 0.05) is 12.1 Å². The maximum Gasteiger partial charge on any atom is 0.408 e. The molecule has 1 atom stereocenters. The van der Waals surface area contributed by atoms with Gasteiger partial charge in [-0.1, -0.05) is 49.4 Å². The monoisotopic (exact) mass is 275 g/mol. The van der Waals surface area contributed by atoms with Crippen LogP contribution in [0.4, 0.5) is 4.79 Å². The molecule has 0 bridgehead atoms. The summed E-state index contributed by atoms with van der Waals surface area (Å²) in [6, 6.07) is 9.29. The van der Waals surface area contributed by atoms with Crippen molar-refractivity contribution in [1.29, 1.82) is 0 Å². The highest BCUT2D eigenvalue weighted by molar-refractivity contribution is 5.67. The number of nitrogens with zero attached hydrogens (tertiary/aromatic N) is 3. The predicted octanol–water partition coefficient (Wildman–Crippen LogP) is 1.67. The normalized spacial score (nSPS) is 12.2. The molecule has 0 aliphatic rings. The molecule has 0 spiro atoms. The molecule has 0 aliphatic carbocycles. The molecule has 106 valence electrons. The SMILES string of the molecule is CC(C)CNC(=O)OC(c1ccccc1)c1nn[nH]n1. The zero-order valence-corrected chi connectivity index (χ0v) is 11.4. The summed E-state index contributed by atoms with van der Waals surface area (Å²) in [7, 11) is 0. The van der Waals surface area contributed by atoms with Gasteiger partial charge in [-0.05, 0) is 5.92 Å². The average molecular weight is 275 g/mol. The van der Waals surface area contributed by atoms with Crippen molar-refractivity contribution in [2.24, 2.45) is 5.92 Å². The lowest BCUT2D eigenvalue weighted by atomic mass is 10.1. The lowest BCUT2D eigenvalue weighted by molar-refractivity contribution is 0.111. The molecule has 1 aromatic heterocycles. The number of H-pyrrole nitrogens is 1. The Hall–Kier alpha value is -2.44.